The van der Waals surface area contributed by atoms with Crippen molar-refractivity contribution in [2.75, 3.05) is 13.2 Å². The molecule has 0 radical (unpaired) electrons. The van der Waals surface area contributed by atoms with Crippen molar-refractivity contribution in [3.63, 3.8) is 0 Å². The zero-order valence-electron chi connectivity index (χ0n) is 8.40. The van der Waals surface area contributed by atoms with Gasteiger partial charge in [0, 0.05) is 13.8 Å². The average molecular weight is 238 g/mol. The van der Waals surface area contributed by atoms with E-state index in [4.69, 9.17) is 9.84 Å². The van der Waals surface area contributed by atoms with Crippen LogP contribution >= 0.6 is 24.4 Å². The predicted molar refractivity (Wildman–Crippen MR) is 61.8 cm³/mol. The molecule has 82 valence electrons. The number of aliphatic hydroxyl groups is 1. The van der Waals surface area contributed by atoms with E-state index in [1.165, 1.54) is 6.92 Å². The fraction of sp³-hybridized carbons (Fsp3) is 0.625. The molecule has 4 nitrogen and oxygen atoms in total. The Balaban J connectivity index is 0. The number of hydrogen-bond donors (Lipinski definition) is 1. The largest absolute Gasteiger partial charge is 0.502 e. The van der Waals surface area contributed by atoms with Crippen molar-refractivity contribution in [3.8, 4) is 0 Å². The lowest BCUT2D eigenvalue weighted by atomic mass is 10.7. The molecule has 1 N–H and O–H groups in total. The van der Waals surface area contributed by atoms with Crippen LogP contribution < -0.4 is 0 Å². The van der Waals surface area contributed by atoms with Crippen molar-refractivity contribution in [1.29, 1.82) is 0 Å². The number of ether oxygens (including phenoxy) is 2. The van der Waals surface area contributed by atoms with Crippen LogP contribution in [0.5, 0.6) is 0 Å². The van der Waals surface area contributed by atoms with E-state index in [0.717, 1.165) is 0 Å². The first-order chi connectivity index (χ1) is 6.40. The first kappa shape index (κ1) is 15.7. The van der Waals surface area contributed by atoms with Crippen molar-refractivity contribution in [1.82, 2.24) is 0 Å². The van der Waals surface area contributed by atoms with Gasteiger partial charge >= 0.3 is 5.97 Å². The van der Waals surface area contributed by atoms with Crippen LogP contribution in [0.2, 0.25) is 0 Å². The summed E-state index contributed by atoms with van der Waals surface area (Å²) >= 11 is 8.66. The smallest absolute Gasteiger partial charge is 0.344 e. The summed E-state index contributed by atoms with van der Waals surface area (Å²) in [6, 6.07) is 0. The van der Waals surface area contributed by atoms with Gasteiger partial charge in [0.15, 0.2) is 16.7 Å². The van der Waals surface area contributed by atoms with Crippen molar-refractivity contribution in [2.45, 2.75) is 20.8 Å². The Hall–Kier alpha value is -0.750. The minimum Gasteiger partial charge on any atom is -0.502 e. The molecule has 0 fully saturated rings. The van der Waals surface area contributed by atoms with Crippen LogP contribution in [0.25, 0.3) is 0 Å². The molecule has 0 aliphatic carbocycles. The molecule has 0 saturated carbocycles. The third kappa shape index (κ3) is 22.5. The molecular weight excluding hydrogens is 224 g/mol. The van der Waals surface area contributed by atoms with Gasteiger partial charge in [0.2, 0.25) is 0 Å². The van der Waals surface area contributed by atoms with Gasteiger partial charge in [0.25, 0.3) is 0 Å². The summed E-state index contributed by atoms with van der Waals surface area (Å²) in [7, 11) is 0. The Bertz CT molecular complexity index is 200. The lowest BCUT2D eigenvalue weighted by Gasteiger charge is -2.01. The minimum atomic E-state index is -0.383. The summed E-state index contributed by atoms with van der Waals surface area (Å²) in [4.78, 5) is 10.5. The van der Waals surface area contributed by atoms with Crippen LogP contribution in [0.15, 0.2) is 0 Å². The molecule has 6 heteroatoms. The van der Waals surface area contributed by atoms with Crippen molar-refractivity contribution in [2.24, 2.45) is 0 Å². The molecule has 0 aromatic heterocycles. The highest BCUT2D eigenvalue weighted by molar-refractivity contribution is 7.80. The maximum absolute atomic E-state index is 10.5. The first-order valence-corrected chi connectivity index (χ1v) is 4.70. The van der Waals surface area contributed by atoms with E-state index in [9.17, 15) is 4.79 Å². The predicted octanol–water partition coefficient (Wildman–Crippen LogP) is 1.81. The molecule has 0 unspecified atom stereocenters. The highest BCUT2D eigenvalue weighted by Crippen LogP contribution is 1.83. The molecule has 0 rings (SSSR count). The Morgan fingerprint density at radius 2 is 1.71 bits per heavy atom. The summed E-state index contributed by atoms with van der Waals surface area (Å²) in [5, 5.41) is 8.14. The Labute approximate surface area is 94.2 Å². The Morgan fingerprint density at radius 1 is 1.29 bits per heavy atom. The number of esters is 1. The summed E-state index contributed by atoms with van der Waals surface area (Å²) < 4.78 is 9.28. The highest BCUT2D eigenvalue weighted by Gasteiger charge is 2.00. The average Bonchev–Trinajstić information content (AvgIpc) is 2.00. The van der Waals surface area contributed by atoms with Crippen LogP contribution in [0.4, 0.5) is 0 Å². The minimum absolute atomic E-state index is 0.000000000000000222. The fourth-order valence-electron chi connectivity index (χ4n) is 0.363. The molecule has 0 bridgehead atoms. The number of aliphatic hydroxyl groups excluding tert-OH is 1. The van der Waals surface area contributed by atoms with Gasteiger partial charge in [0.05, 0.1) is 6.61 Å². The maximum Gasteiger partial charge on any atom is 0.344 e. The second-order valence-electron chi connectivity index (χ2n) is 2.10. The Morgan fingerprint density at radius 3 is 2.00 bits per heavy atom. The zero-order valence-corrected chi connectivity index (χ0v) is 10.0. The van der Waals surface area contributed by atoms with Crippen LogP contribution in [0.3, 0.4) is 0 Å². The van der Waals surface area contributed by atoms with E-state index in [-0.39, 0.29) is 17.6 Å². The monoisotopic (exact) mass is 238 g/mol. The molecular formula is C8H14O4S2. The van der Waals surface area contributed by atoms with E-state index < -0.39 is 0 Å². The third-order valence-electron chi connectivity index (χ3n) is 0.699. The second-order valence-corrected chi connectivity index (χ2v) is 3.27. The molecule has 0 spiro atoms. The van der Waals surface area contributed by atoms with Gasteiger partial charge < -0.3 is 14.6 Å². The first-order valence-electron chi connectivity index (χ1n) is 3.88. The molecule has 14 heavy (non-hydrogen) atoms. The Kier molecular flexibility index (Phi) is 11.6. The summed E-state index contributed by atoms with van der Waals surface area (Å²) in [5.74, 6) is -0.383. The summed E-state index contributed by atoms with van der Waals surface area (Å²) in [6.07, 6.45) is 0. The second kappa shape index (κ2) is 10.3. The normalized spacial score (nSPS) is 7.93. The van der Waals surface area contributed by atoms with E-state index in [1.807, 2.05) is 0 Å². The van der Waals surface area contributed by atoms with Gasteiger partial charge in [0.1, 0.15) is 0 Å². The zero-order chi connectivity index (χ0) is 11.6. The summed E-state index contributed by atoms with van der Waals surface area (Å²) in [6.45, 7) is 5.09. The van der Waals surface area contributed by atoms with Gasteiger partial charge in [-0.25, -0.2) is 4.79 Å². The molecule has 0 heterocycles. The van der Waals surface area contributed by atoms with Gasteiger partial charge in [-0.3, -0.25) is 0 Å². The lowest BCUT2D eigenvalue weighted by Crippen LogP contribution is -2.13. The fourth-order valence-corrected chi connectivity index (χ4v) is 0.422. The molecule has 0 aromatic carbocycles. The van der Waals surface area contributed by atoms with Crippen LogP contribution in [-0.2, 0) is 14.3 Å². The maximum atomic E-state index is 10.5. The van der Waals surface area contributed by atoms with E-state index >= 15 is 0 Å². The third-order valence-corrected chi connectivity index (χ3v) is 0.816. The molecule has 0 aromatic rings. The SMILES string of the molecule is CC(O)=S.CCOC(=O)COC(C)=S. The van der Waals surface area contributed by atoms with Gasteiger partial charge in [-0.05, 0) is 31.4 Å². The van der Waals surface area contributed by atoms with E-state index in [0.29, 0.717) is 11.7 Å². The standard InChI is InChI=1S/C6H10O3S.C2H4OS/c1-3-8-6(7)4-9-5(2)10;1-2(3)4/h3-4H2,1-2H3;1H3,(H,3,4). The van der Waals surface area contributed by atoms with Crippen LogP contribution in [-0.4, -0.2) is 34.4 Å². The van der Waals surface area contributed by atoms with Gasteiger partial charge in [-0.15, -0.1) is 0 Å². The number of carbonyl (C=O) groups is 1. The number of hydrogen-bond acceptors (Lipinski definition) is 5. The van der Waals surface area contributed by atoms with Gasteiger partial charge in [-0.1, -0.05) is 0 Å². The number of rotatable bonds is 3. The van der Waals surface area contributed by atoms with Crippen molar-refractivity contribution < 1.29 is 19.4 Å². The molecule has 0 saturated heterocycles. The van der Waals surface area contributed by atoms with Crippen molar-refractivity contribution >= 4 is 40.5 Å². The summed E-state index contributed by atoms with van der Waals surface area (Å²) in [5.41, 5.74) is 0. The molecule has 0 aliphatic heterocycles. The topological polar surface area (TPSA) is 55.8 Å². The van der Waals surface area contributed by atoms with Gasteiger partial charge in [-0.2, -0.15) is 0 Å². The molecule has 0 atom stereocenters. The highest BCUT2D eigenvalue weighted by atomic mass is 32.1. The quantitative estimate of drug-likeness (QED) is 0.598. The van der Waals surface area contributed by atoms with Crippen LogP contribution in [0.1, 0.15) is 20.8 Å². The molecule has 0 amide bonds. The molecule has 0 aliphatic rings. The van der Waals surface area contributed by atoms with Crippen molar-refractivity contribution in [3.05, 3.63) is 0 Å². The number of carbonyl (C=O) groups excluding carboxylic acids is 1. The van der Waals surface area contributed by atoms with E-state index in [2.05, 4.69) is 29.2 Å². The van der Waals surface area contributed by atoms with E-state index in [1.54, 1.807) is 13.8 Å². The van der Waals surface area contributed by atoms with Crippen LogP contribution in [0, 0.1) is 0 Å². The number of thiocarbonyl (C=S) groups is 2. The lowest BCUT2D eigenvalue weighted by molar-refractivity contribution is -0.145.